The minimum atomic E-state index is -3.18. The summed E-state index contributed by atoms with van der Waals surface area (Å²) in [5, 5.41) is 2.73. The van der Waals surface area contributed by atoms with E-state index in [-0.39, 0.29) is 11.9 Å². The molecule has 1 N–H and O–H groups in total. The molecule has 2 atom stereocenters. The van der Waals surface area contributed by atoms with Gasteiger partial charge in [0.05, 0.1) is 5.25 Å². The Balaban J connectivity index is 3.31. The van der Waals surface area contributed by atoms with E-state index in [1.165, 1.54) is 18.4 Å². The SMILES string of the molecule is CCCNC(c1c(C)cc(F)cc1C)C(C)S(C)(=O)=O. The molecule has 3 nitrogen and oxygen atoms in total. The first-order valence-electron chi connectivity index (χ1n) is 6.87. The molecule has 0 aliphatic rings. The van der Waals surface area contributed by atoms with Gasteiger partial charge in [-0.3, -0.25) is 0 Å². The highest BCUT2D eigenvalue weighted by Gasteiger charge is 2.29. The lowest BCUT2D eigenvalue weighted by Gasteiger charge is -2.27. The molecule has 0 saturated heterocycles. The van der Waals surface area contributed by atoms with Crippen LogP contribution in [0.5, 0.6) is 0 Å². The number of hydrogen-bond donors (Lipinski definition) is 1. The van der Waals surface area contributed by atoms with Crippen LogP contribution in [-0.2, 0) is 9.84 Å². The van der Waals surface area contributed by atoms with E-state index in [9.17, 15) is 12.8 Å². The summed E-state index contributed by atoms with van der Waals surface area (Å²) in [5.74, 6) is -0.287. The van der Waals surface area contributed by atoms with Crippen LogP contribution in [-0.4, -0.2) is 26.5 Å². The second-order valence-electron chi connectivity index (χ2n) is 5.42. The Bertz CT molecular complexity index is 546. The zero-order chi connectivity index (χ0) is 15.5. The molecular formula is C15H24FNO2S. The fourth-order valence-corrected chi connectivity index (χ4v) is 3.19. The number of sulfone groups is 1. The number of halogens is 1. The number of aryl methyl sites for hydroxylation is 2. The van der Waals surface area contributed by atoms with E-state index in [1.54, 1.807) is 6.92 Å². The Hall–Kier alpha value is -0.940. The Kier molecular flexibility index (Phi) is 5.71. The van der Waals surface area contributed by atoms with Gasteiger partial charge < -0.3 is 5.32 Å². The van der Waals surface area contributed by atoms with Crippen LogP contribution in [0.25, 0.3) is 0 Å². The summed E-state index contributed by atoms with van der Waals surface area (Å²) in [6, 6.07) is 2.60. The molecule has 1 aromatic rings. The van der Waals surface area contributed by atoms with Crippen molar-refractivity contribution in [3.8, 4) is 0 Å². The largest absolute Gasteiger partial charge is 0.309 e. The molecule has 1 rings (SSSR count). The molecule has 2 unspecified atom stereocenters. The molecule has 0 aromatic heterocycles. The van der Waals surface area contributed by atoms with Crippen molar-refractivity contribution in [2.45, 2.75) is 45.4 Å². The summed E-state index contributed by atoms with van der Waals surface area (Å²) in [6.45, 7) is 8.09. The zero-order valence-electron chi connectivity index (χ0n) is 12.8. The molecule has 0 bridgehead atoms. The van der Waals surface area contributed by atoms with Gasteiger partial charge in [-0.05, 0) is 62.6 Å². The van der Waals surface area contributed by atoms with Gasteiger partial charge in [0.2, 0.25) is 0 Å². The van der Waals surface area contributed by atoms with Crippen LogP contribution in [0.1, 0.15) is 43.0 Å². The van der Waals surface area contributed by atoms with Crippen molar-refractivity contribution >= 4 is 9.84 Å². The third-order valence-corrected chi connectivity index (χ3v) is 5.25. The third kappa shape index (κ3) is 4.03. The Morgan fingerprint density at radius 2 is 1.75 bits per heavy atom. The van der Waals surface area contributed by atoms with Crippen LogP contribution in [0.3, 0.4) is 0 Å². The minimum Gasteiger partial charge on any atom is -0.309 e. The first-order valence-corrected chi connectivity index (χ1v) is 8.82. The highest BCUT2D eigenvalue weighted by molar-refractivity contribution is 7.91. The van der Waals surface area contributed by atoms with Gasteiger partial charge in [-0.25, -0.2) is 12.8 Å². The molecular weight excluding hydrogens is 277 g/mol. The van der Waals surface area contributed by atoms with Crippen molar-refractivity contribution in [2.75, 3.05) is 12.8 Å². The Labute approximate surface area is 121 Å². The summed E-state index contributed by atoms with van der Waals surface area (Å²) in [5.41, 5.74) is 2.45. The van der Waals surface area contributed by atoms with E-state index in [0.717, 1.165) is 29.7 Å². The average molecular weight is 301 g/mol. The number of hydrogen-bond acceptors (Lipinski definition) is 3. The van der Waals surface area contributed by atoms with Crippen LogP contribution in [0.4, 0.5) is 4.39 Å². The smallest absolute Gasteiger partial charge is 0.151 e. The van der Waals surface area contributed by atoms with Crippen molar-refractivity contribution in [1.82, 2.24) is 5.32 Å². The molecule has 0 radical (unpaired) electrons. The molecule has 5 heteroatoms. The van der Waals surface area contributed by atoms with Crippen molar-refractivity contribution in [1.29, 1.82) is 0 Å². The van der Waals surface area contributed by atoms with Crippen molar-refractivity contribution in [3.63, 3.8) is 0 Å². The standard InChI is InChI=1S/C15H24FNO2S/c1-6-7-17-15(12(4)20(5,18)19)14-10(2)8-13(16)9-11(14)3/h8-9,12,15,17H,6-7H2,1-5H3. The van der Waals surface area contributed by atoms with Gasteiger partial charge in [-0.15, -0.1) is 0 Å². The Morgan fingerprint density at radius 1 is 1.25 bits per heavy atom. The van der Waals surface area contributed by atoms with Crippen molar-refractivity contribution < 1.29 is 12.8 Å². The van der Waals surface area contributed by atoms with E-state index in [2.05, 4.69) is 5.32 Å². The summed E-state index contributed by atoms with van der Waals surface area (Å²) in [6.07, 6.45) is 2.15. The van der Waals surface area contributed by atoms with Gasteiger partial charge in [0, 0.05) is 12.3 Å². The summed E-state index contributed by atoms with van der Waals surface area (Å²) in [4.78, 5) is 0. The maximum Gasteiger partial charge on any atom is 0.151 e. The molecule has 0 saturated carbocycles. The lowest BCUT2D eigenvalue weighted by atomic mass is 9.94. The number of benzene rings is 1. The van der Waals surface area contributed by atoms with E-state index < -0.39 is 15.1 Å². The van der Waals surface area contributed by atoms with E-state index in [4.69, 9.17) is 0 Å². The second kappa shape index (κ2) is 6.68. The van der Waals surface area contributed by atoms with Gasteiger partial charge in [-0.2, -0.15) is 0 Å². The molecule has 20 heavy (non-hydrogen) atoms. The van der Waals surface area contributed by atoms with Crippen LogP contribution >= 0.6 is 0 Å². The van der Waals surface area contributed by atoms with Crippen LogP contribution < -0.4 is 5.32 Å². The highest BCUT2D eigenvalue weighted by atomic mass is 32.2. The monoisotopic (exact) mass is 301 g/mol. The maximum absolute atomic E-state index is 13.4. The van der Waals surface area contributed by atoms with Crippen LogP contribution in [0.2, 0.25) is 0 Å². The number of nitrogens with one attached hydrogen (secondary N) is 1. The molecule has 1 aromatic carbocycles. The summed E-state index contributed by atoms with van der Waals surface area (Å²) >= 11 is 0. The fraction of sp³-hybridized carbons (Fsp3) is 0.600. The Morgan fingerprint density at radius 3 is 2.15 bits per heavy atom. The first-order chi connectivity index (χ1) is 9.18. The lowest BCUT2D eigenvalue weighted by molar-refractivity contribution is 0.496. The summed E-state index contributed by atoms with van der Waals surface area (Å²) < 4.78 is 37.2. The van der Waals surface area contributed by atoms with Crippen molar-refractivity contribution in [2.24, 2.45) is 0 Å². The van der Waals surface area contributed by atoms with Gasteiger partial charge in [0.1, 0.15) is 5.82 Å². The van der Waals surface area contributed by atoms with Crippen LogP contribution in [0, 0.1) is 19.7 Å². The second-order valence-corrected chi connectivity index (χ2v) is 7.82. The molecule has 0 heterocycles. The van der Waals surface area contributed by atoms with Crippen molar-refractivity contribution in [3.05, 3.63) is 34.6 Å². The normalized spacial score (nSPS) is 15.1. The predicted molar refractivity (Wildman–Crippen MR) is 81.2 cm³/mol. The van der Waals surface area contributed by atoms with E-state index in [0.29, 0.717) is 0 Å². The third-order valence-electron chi connectivity index (χ3n) is 3.63. The molecule has 0 fully saturated rings. The predicted octanol–water partition coefficient (Wildman–Crippen LogP) is 2.92. The van der Waals surface area contributed by atoms with E-state index in [1.807, 2.05) is 20.8 Å². The molecule has 0 aliphatic heterocycles. The first kappa shape index (κ1) is 17.1. The summed E-state index contributed by atoms with van der Waals surface area (Å²) in [7, 11) is -3.18. The zero-order valence-corrected chi connectivity index (χ0v) is 13.6. The van der Waals surface area contributed by atoms with Gasteiger partial charge in [0.25, 0.3) is 0 Å². The van der Waals surface area contributed by atoms with Gasteiger partial charge in [-0.1, -0.05) is 6.92 Å². The molecule has 0 amide bonds. The lowest BCUT2D eigenvalue weighted by Crippen LogP contribution is -2.36. The minimum absolute atomic E-state index is 0.287. The average Bonchev–Trinajstić information content (AvgIpc) is 2.30. The van der Waals surface area contributed by atoms with Gasteiger partial charge >= 0.3 is 0 Å². The quantitative estimate of drug-likeness (QED) is 0.879. The van der Waals surface area contributed by atoms with Gasteiger partial charge in [0.15, 0.2) is 9.84 Å². The topological polar surface area (TPSA) is 46.2 Å². The fourth-order valence-electron chi connectivity index (χ4n) is 2.46. The molecule has 0 spiro atoms. The number of rotatable bonds is 6. The van der Waals surface area contributed by atoms with Crippen LogP contribution in [0.15, 0.2) is 12.1 Å². The highest BCUT2D eigenvalue weighted by Crippen LogP contribution is 2.28. The van der Waals surface area contributed by atoms with E-state index >= 15 is 0 Å². The maximum atomic E-state index is 13.4. The molecule has 114 valence electrons. The molecule has 0 aliphatic carbocycles.